The van der Waals surface area contributed by atoms with Gasteiger partial charge in [0, 0.05) is 69.2 Å². The van der Waals surface area contributed by atoms with Crippen LogP contribution in [0, 0.1) is 0 Å². The molecule has 0 amide bonds. The summed E-state index contributed by atoms with van der Waals surface area (Å²) in [6.45, 7) is 0. The van der Waals surface area contributed by atoms with E-state index < -0.39 is 0 Å². The minimum absolute atomic E-state index is 0.897. The van der Waals surface area contributed by atoms with Gasteiger partial charge in [0.05, 0.1) is 16.7 Å². The Hall–Kier alpha value is -8.18. The lowest BCUT2D eigenvalue weighted by Crippen LogP contribution is -1.97. The molecule has 0 atom stereocenters. The third-order valence-corrected chi connectivity index (χ3v) is 14.4. The highest BCUT2D eigenvalue weighted by molar-refractivity contribution is 7.25. The van der Waals surface area contributed by atoms with E-state index in [2.05, 4.69) is 205 Å². The first-order valence-corrected chi connectivity index (χ1v) is 22.5. The second-order valence-electron chi connectivity index (χ2n) is 16.8. The number of furan rings is 2. The van der Waals surface area contributed by atoms with Crippen molar-refractivity contribution in [3.05, 3.63) is 212 Å². The van der Waals surface area contributed by atoms with E-state index >= 15 is 0 Å². The van der Waals surface area contributed by atoms with Crippen LogP contribution in [0.15, 0.2) is 221 Å². The largest absolute Gasteiger partial charge is 0.455 e. The Balaban J connectivity index is 0.982. The highest BCUT2D eigenvalue weighted by Gasteiger charge is 2.21. The van der Waals surface area contributed by atoms with Crippen LogP contribution in [-0.2, 0) is 0 Å². The fraction of sp³-hybridized carbons (Fsp3) is 0. The molecule has 298 valence electrons. The van der Waals surface area contributed by atoms with Gasteiger partial charge in [-0.2, -0.15) is 0 Å². The Labute approximate surface area is 371 Å². The number of rotatable bonds is 5. The number of thiophene rings is 1. The van der Waals surface area contributed by atoms with Gasteiger partial charge in [0.2, 0.25) is 0 Å². The minimum Gasteiger partial charge on any atom is -0.455 e. The number of hydrogen-bond acceptors (Lipinski definition) is 3. The Kier molecular flexibility index (Phi) is 7.56. The van der Waals surface area contributed by atoms with Gasteiger partial charge < -0.3 is 13.4 Å². The van der Waals surface area contributed by atoms with Crippen LogP contribution in [0.4, 0.5) is 0 Å². The predicted octanol–water partition coefficient (Wildman–Crippen LogP) is 17.6. The quantitative estimate of drug-likeness (QED) is 0.173. The zero-order chi connectivity index (χ0) is 41.9. The van der Waals surface area contributed by atoms with Gasteiger partial charge in [0.1, 0.15) is 22.3 Å². The van der Waals surface area contributed by atoms with E-state index in [1.54, 1.807) is 0 Å². The van der Waals surface area contributed by atoms with Crippen LogP contribution in [0.5, 0.6) is 0 Å². The summed E-state index contributed by atoms with van der Waals surface area (Å²) < 4.78 is 18.2. The van der Waals surface area contributed by atoms with Crippen LogP contribution in [-0.4, -0.2) is 4.57 Å². The number of fused-ring (bicyclic) bond motifs is 12. The summed E-state index contributed by atoms with van der Waals surface area (Å²) in [5.41, 5.74) is 16.1. The molecule has 0 bridgehead atoms. The number of aromatic nitrogens is 1. The van der Waals surface area contributed by atoms with Crippen molar-refractivity contribution >= 4 is 97.2 Å². The first-order valence-electron chi connectivity index (χ1n) is 21.7. The van der Waals surface area contributed by atoms with Crippen molar-refractivity contribution in [2.24, 2.45) is 0 Å². The number of benzene rings is 10. The average Bonchev–Trinajstić information content (AvgIpc) is 4.12. The van der Waals surface area contributed by atoms with E-state index in [1.807, 2.05) is 23.5 Å². The summed E-state index contributed by atoms with van der Waals surface area (Å²) in [7, 11) is 0. The summed E-state index contributed by atoms with van der Waals surface area (Å²) in [5, 5.41) is 9.45. The molecule has 0 aliphatic heterocycles. The molecule has 0 saturated carbocycles. The minimum atomic E-state index is 0.897. The molecular weight excluding hydrogens is 799 g/mol. The van der Waals surface area contributed by atoms with Crippen LogP contribution in [0.2, 0.25) is 0 Å². The molecule has 14 aromatic rings. The average molecular weight is 834 g/mol. The van der Waals surface area contributed by atoms with Crippen molar-refractivity contribution in [3.8, 4) is 50.2 Å². The molecule has 0 radical (unpaired) electrons. The highest BCUT2D eigenvalue weighted by atomic mass is 32.1. The second kappa shape index (κ2) is 13.7. The Morgan fingerprint density at radius 3 is 1.45 bits per heavy atom. The van der Waals surface area contributed by atoms with Gasteiger partial charge in [-0.15, -0.1) is 11.3 Å². The lowest BCUT2D eigenvalue weighted by atomic mass is 9.97. The van der Waals surface area contributed by atoms with Gasteiger partial charge in [-0.05, 0) is 94.5 Å². The molecule has 0 N–H and O–H groups in total. The fourth-order valence-electron chi connectivity index (χ4n) is 10.3. The number of nitrogens with zero attached hydrogens (tertiary/aromatic N) is 1. The van der Waals surface area contributed by atoms with Crippen LogP contribution >= 0.6 is 11.3 Å². The third kappa shape index (κ3) is 5.27. The summed E-state index contributed by atoms with van der Waals surface area (Å²) >= 11 is 1.86. The maximum absolute atomic E-state index is 6.58. The van der Waals surface area contributed by atoms with Crippen LogP contribution in [0.25, 0.3) is 136 Å². The van der Waals surface area contributed by atoms with Gasteiger partial charge in [-0.1, -0.05) is 146 Å². The van der Waals surface area contributed by atoms with E-state index in [4.69, 9.17) is 8.83 Å². The summed E-state index contributed by atoms with van der Waals surface area (Å²) in [4.78, 5) is 0. The predicted molar refractivity (Wildman–Crippen MR) is 270 cm³/mol. The van der Waals surface area contributed by atoms with Crippen LogP contribution in [0.3, 0.4) is 0 Å². The van der Waals surface area contributed by atoms with Crippen LogP contribution < -0.4 is 0 Å². The molecule has 4 heteroatoms. The lowest BCUT2D eigenvalue weighted by molar-refractivity contribution is 0.669. The highest BCUT2D eigenvalue weighted by Crippen LogP contribution is 2.44. The number of para-hydroxylation sites is 5. The van der Waals surface area contributed by atoms with Gasteiger partial charge in [0.15, 0.2) is 0 Å². The van der Waals surface area contributed by atoms with Crippen LogP contribution in [0.1, 0.15) is 0 Å². The summed E-state index contributed by atoms with van der Waals surface area (Å²) in [6.07, 6.45) is 0. The van der Waals surface area contributed by atoms with Gasteiger partial charge in [0.25, 0.3) is 0 Å². The smallest absolute Gasteiger partial charge is 0.143 e. The monoisotopic (exact) mass is 833 g/mol. The van der Waals surface area contributed by atoms with Crippen molar-refractivity contribution in [1.82, 2.24) is 4.57 Å². The van der Waals surface area contributed by atoms with Crippen molar-refractivity contribution in [2.45, 2.75) is 0 Å². The fourth-order valence-corrected chi connectivity index (χ4v) is 11.3. The SMILES string of the molecule is c1cc(-c2ccc3sc4ccccc4c3c2)cc(-c2ccccc2-n2c3ccc(-c4cccc5c4oc4ccccc45)cc3c3cc(-c4cccc5c4oc4ccccc45)ccc32)c1. The van der Waals surface area contributed by atoms with Crippen molar-refractivity contribution < 1.29 is 8.83 Å². The lowest BCUT2D eigenvalue weighted by Gasteiger charge is -2.15. The zero-order valence-electron chi connectivity index (χ0n) is 34.4. The maximum atomic E-state index is 6.58. The van der Waals surface area contributed by atoms with Crippen molar-refractivity contribution in [1.29, 1.82) is 0 Å². The van der Waals surface area contributed by atoms with E-state index in [0.29, 0.717) is 0 Å². The van der Waals surface area contributed by atoms with Crippen molar-refractivity contribution in [2.75, 3.05) is 0 Å². The molecular formula is C60H35NO2S. The van der Waals surface area contributed by atoms with E-state index in [0.717, 1.165) is 88.4 Å². The molecule has 64 heavy (non-hydrogen) atoms. The normalized spacial score (nSPS) is 12.1. The van der Waals surface area contributed by atoms with E-state index in [1.165, 1.54) is 47.6 Å². The molecule has 0 fully saturated rings. The molecule has 4 aromatic heterocycles. The van der Waals surface area contributed by atoms with E-state index in [-0.39, 0.29) is 0 Å². The first kappa shape index (κ1) is 35.4. The number of hydrogen-bond donors (Lipinski definition) is 0. The molecule has 0 aliphatic rings. The standard InChI is InChI=1S/C60H35NO2S/c1-5-22-52(41(14-1)38-13-9-12-36(32-38)37-28-31-58-51(33-37)46-17-4-8-25-57(46)64-58)61-53-29-26-39(42-18-10-20-47-44-15-2-6-23-55(44)62-59(42)47)34-49(53)50-35-40(27-30-54(50)61)43-19-11-21-48-45-16-3-7-24-56(45)63-60(43)48/h1-35H. The molecule has 14 rings (SSSR count). The summed E-state index contributed by atoms with van der Waals surface area (Å²) in [6, 6.07) is 76.9. The first-order chi connectivity index (χ1) is 31.7. The molecule has 0 aliphatic carbocycles. The van der Waals surface area contributed by atoms with Gasteiger partial charge >= 0.3 is 0 Å². The molecule has 0 saturated heterocycles. The Morgan fingerprint density at radius 2 is 0.766 bits per heavy atom. The maximum Gasteiger partial charge on any atom is 0.143 e. The van der Waals surface area contributed by atoms with E-state index in [9.17, 15) is 0 Å². The third-order valence-electron chi connectivity index (χ3n) is 13.2. The molecule has 0 spiro atoms. The zero-order valence-corrected chi connectivity index (χ0v) is 35.2. The summed E-state index contributed by atoms with van der Waals surface area (Å²) in [5.74, 6) is 0. The molecule has 4 heterocycles. The Bertz CT molecular complexity index is 4040. The topological polar surface area (TPSA) is 31.2 Å². The molecule has 10 aromatic carbocycles. The van der Waals surface area contributed by atoms with Gasteiger partial charge in [-0.3, -0.25) is 0 Å². The van der Waals surface area contributed by atoms with Gasteiger partial charge in [-0.25, -0.2) is 0 Å². The molecule has 3 nitrogen and oxygen atoms in total. The Morgan fingerprint density at radius 1 is 0.297 bits per heavy atom. The second-order valence-corrected chi connectivity index (χ2v) is 17.9. The van der Waals surface area contributed by atoms with Crippen molar-refractivity contribution in [3.63, 3.8) is 0 Å². The molecule has 0 unspecified atom stereocenters.